The third kappa shape index (κ3) is 3.84. The van der Waals surface area contributed by atoms with Crippen LogP contribution in [-0.2, 0) is 17.4 Å². The van der Waals surface area contributed by atoms with Crippen LogP contribution in [0.4, 0.5) is 13.2 Å². The van der Waals surface area contributed by atoms with Gasteiger partial charge >= 0.3 is 6.18 Å². The number of rotatable bonds is 3. The Morgan fingerprint density at radius 1 is 1.20 bits per heavy atom. The number of carbonyl (C=O) groups is 1. The predicted octanol–water partition coefficient (Wildman–Crippen LogP) is 4.64. The maximum Gasteiger partial charge on any atom is 0.416 e. The first-order valence-electron chi connectivity index (χ1n) is 7.05. The van der Waals surface area contributed by atoms with Crippen molar-refractivity contribution in [1.82, 2.24) is 0 Å². The lowest BCUT2D eigenvalue weighted by molar-refractivity contribution is -0.137. The number of hydrogen-bond donors (Lipinski definition) is 0. The van der Waals surface area contributed by atoms with Crippen LogP contribution in [0.15, 0.2) is 24.3 Å². The largest absolute Gasteiger partial charge is 0.416 e. The molecule has 0 unspecified atom stereocenters. The molecule has 1 aliphatic rings. The second-order valence-corrected chi connectivity index (χ2v) is 5.80. The average molecular weight is 284 g/mol. The topological polar surface area (TPSA) is 17.1 Å². The number of alkyl halides is 3. The molecule has 0 saturated heterocycles. The maximum atomic E-state index is 12.6. The maximum absolute atomic E-state index is 12.6. The summed E-state index contributed by atoms with van der Waals surface area (Å²) in [5.74, 6) is 0.768. The minimum atomic E-state index is -4.35. The van der Waals surface area contributed by atoms with Gasteiger partial charge in [0.1, 0.15) is 5.78 Å². The lowest BCUT2D eigenvalue weighted by Gasteiger charge is -2.25. The highest BCUT2D eigenvalue weighted by molar-refractivity contribution is 5.83. The van der Waals surface area contributed by atoms with Gasteiger partial charge in [-0.15, -0.1) is 0 Å². The van der Waals surface area contributed by atoms with E-state index in [1.165, 1.54) is 6.07 Å². The van der Waals surface area contributed by atoms with Gasteiger partial charge in [-0.25, -0.2) is 0 Å². The second kappa shape index (κ2) is 5.98. The molecule has 1 fully saturated rings. The van der Waals surface area contributed by atoms with E-state index in [4.69, 9.17) is 0 Å². The number of Topliss-reactive ketones (excluding diaryl/α,β-unsaturated/α-hetero) is 1. The lowest BCUT2D eigenvalue weighted by Crippen LogP contribution is -2.22. The second-order valence-electron chi connectivity index (χ2n) is 5.80. The summed E-state index contributed by atoms with van der Waals surface area (Å²) in [6.45, 7) is 2.17. The van der Waals surface area contributed by atoms with E-state index >= 15 is 0 Å². The predicted molar refractivity (Wildman–Crippen MR) is 71.3 cm³/mol. The molecule has 110 valence electrons. The summed E-state index contributed by atoms with van der Waals surface area (Å²) in [5, 5.41) is 0. The fourth-order valence-corrected chi connectivity index (χ4v) is 2.79. The molecule has 2 rings (SSSR count). The SMILES string of the molecule is CC1CCC(C(=O)Cc2cccc(C(F)(F)F)c2)CC1. The van der Waals surface area contributed by atoms with Gasteiger partial charge in [-0.1, -0.05) is 38.0 Å². The van der Waals surface area contributed by atoms with Crippen LogP contribution in [0.1, 0.15) is 43.7 Å². The average Bonchev–Trinajstić information content (AvgIpc) is 2.38. The number of ketones is 1. The molecule has 1 aromatic rings. The van der Waals surface area contributed by atoms with Crippen LogP contribution < -0.4 is 0 Å². The molecule has 0 spiro atoms. The van der Waals surface area contributed by atoms with Gasteiger partial charge < -0.3 is 0 Å². The van der Waals surface area contributed by atoms with Crippen molar-refractivity contribution in [2.45, 2.75) is 45.2 Å². The van der Waals surface area contributed by atoms with E-state index in [1.54, 1.807) is 6.07 Å². The fourth-order valence-electron chi connectivity index (χ4n) is 2.79. The van der Waals surface area contributed by atoms with Gasteiger partial charge in [-0.05, 0) is 30.4 Å². The van der Waals surface area contributed by atoms with Crippen LogP contribution >= 0.6 is 0 Å². The third-order valence-corrected chi connectivity index (χ3v) is 4.10. The molecule has 0 amide bonds. The van der Waals surface area contributed by atoms with E-state index in [0.29, 0.717) is 11.5 Å². The molecule has 1 aliphatic carbocycles. The molecule has 0 radical (unpaired) electrons. The molecular weight excluding hydrogens is 265 g/mol. The molecule has 1 aromatic carbocycles. The number of benzene rings is 1. The highest BCUT2D eigenvalue weighted by atomic mass is 19.4. The van der Waals surface area contributed by atoms with Gasteiger partial charge in [0.25, 0.3) is 0 Å². The van der Waals surface area contributed by atoms with E-state index in [2.05, 4.69) is 6.92 Å². The Labute approximate surface area is 117 Å². The summed E-state index contributed by atoms with van der Waals surface area (Å²) in [5.41, 5.74) is -0.219. The van der Waals surface area contributed by atoms with Crippen molar-refractivity contribution in [3.8, 4) is 0 Å². The highest BCUT2D eigenvalue weighted by Gasteiger charge is 2.31. The first-order chi connectivity index (χ1) is 9.36. The van der Waals surface area contributed by atoms with Crippen LogP contribution in [0.2, 0.25) is 0 Å². The zero-order valence-corrected chi connectivity index (χ0v) is 11.5. The van der Waals surface area contributed by atoms with Crippen LogP contribution in [0, 0.1) is 11.8 Å². The molecule has 1 saturated carbocycles. The molecular formula is C16H19F3O. The number of halogens is 3. The smallest absolute Gasteiger partial charge is 0.299 e. The summed E-state index contributed by atoms with van der Waals surface area (Å²) < 4.78 is 37.9. The number of carbonyl (C=O) groups excluding carboxylic acids is 1. The summed E-state index contributed by atoms with van der Waals surface area (Å²) in [4.78, 5) is 12.2. The Bertz CT molecular complexity index is 471. The van der Waals surface area contributed by atoms with Crippen LogP contribution in [0.3, 0.4) is 0 Å². The van der Waals surface area contributed by atoms with Crippen molar-refractivity contribution in [2.75, 3.05) is 0 Å². The molecule has 0 aliphatic heterocycles. The fraction of sp³-hybridized carbons (Fsp3) is 0.562. The normalized spacial score (nSPS) is 23.6. The standard InChI is InChI=1S/C16H19F3O/c1-11-5-7-13(8-6-11)15(20)10-12-3-2-4-14(9-12)16(17,18)19/h2-4,9,11,13H,5-8,10H2,1H3. The minimum Gasteiger partial charge on any atom is -0.299 e. The van der Waals surface area contributed by atoms with Gasteiger partial charge in [-0.2, -0.15) is 13.2 Å². The van der Waals surface area contributed by atoms with Crippen molar-refractivity contribution in [3.05, 3.63) is 35.4 Å². The summed E-state index contributed by atoms with van der Waals surface area (Å²) in [6, 6.07) is 5.09. The third-order valence-electron chi connectivity index (χ3n) is 4.10. The molecule has 0 atom stereocenters. The highest BCUT2D eigenvalue weighted by Crippen LogP contribution is 2.31. The van der Waals surface area contributed by atoms with Gasteiger partial charge in [0, 0.05) is 12.3 Å². The van der Waals surface area contributed by atoms with Crippen molar-refractivity contribution < 1.29 is 18.0 Å². The van der Waals surface area contributed by atoms with Crippen LogP contribution in [-0.4, -0.2) is 5.78 Å². The van der Waals surface area contributed by atoms with Crippen molar-refractivity contribution in [1.29, 1.82) is 0 Å². The first-order valence-corrected chi connectivity index (χ1v) is 7.05. The Morgan fingerprint density at radius 2 is 1.85 bits per heavy atom. The lowest BCUT2D eigenvalue weighted by atomic mass is 9.79. The van der Waals surface area contributed by atoms with E-state index in [1.807, 2.05) is 0 Å². The summed E-state index contributed by atoms with van der Waals surface area (Å²) in [6.07, 6.45) is -0.405. The van der Waals surface area contributed by atoms with Gasteiger partial charge in [0.05, 0.1) is 5.56 Å². The van der Waals surface area contributed by atoms with Crippen LogP contribution in [0.5, 0.6) is 0 Å². The summed E-state index contributed by atoms with van der Waals surface area (Å²) >= 11 is 0. The van der Waals surface area contributed by atoms with Gasteiger partial charge in [-0.3, -0.25) is 4.79 Å². The van der Waals surface area contributed by atoms with Crippen LogP contribution in [0.25, 0.3) is 0 Å². The van der Waals surface area contributed by atoms with E-state index in [-0.39, 0.29) is 18.1 Å². The van der Waals surface area contributed by atoms with E-state index < -0.39 is 11.7 Å². The van der Waals surface area contributed by atoms with Gasteiger partial charge in [0.2, 0.25) is 0 Å². The van der Waals surface area contributed by atoms with E-state index in [0.717, 1.165) is 37.8 Å². The van der Waals surface area contributed by atoms with Crippen molar-refractivity contribution in [3.63, 3.8) is 0 Å². The van der Waals surface area contributed by atoms with E-state index in [9.17, 15) is 18.0 Å². The monoisotopic (exact) mass is 284 g/mol. The van der Waals surface area contributed by atoms with Crippen molar-refractivity contribution in [2.24, 2.45) is 11.8 Å². The molecule has 0 heterocycles. The Hall–Kier alpha value is -1.32. The zero-order chi connectivity index (χ0) is 14.8. The zero-order valence-electron chi connectivity index (χ0n) is 11.5. The molecule has 4 heteroatoms. The summed E-state index contributed by atoms with van der Waals surface area (Å²) in [7, 11) is 0. The first kappa shape index (κ1) is 15.1. The quantitative estimate of drug-likeness (QED) is 0.790. The molecule has 20 heavy (non-hydrogen) atoms. The number of hydrogen-bond acceptors (Lipinski definition) is 1. The molecule has 0 bridgehead atoms. The molecule has 0 N–H and O–H groups in total. The Balaban J connectivity index is 2.01. The Kier molecular flexibility index (Phi) is 4.51. The van der Waals surface area contributed by atoms with Gasteiger partial charge in [0.15, 0.2) is 0 Å². The Morgan fingerprint density at radius 3 is 2.45 bits per heavy atom. The molecule has 1 nitrogen and oxygen atoms in total. The molecule has 0 aromatic heterocycles. The van der Waals surface area contributed by atoms with Crippen molar-refractivity contribution >= 4 is 5.78 Å². The minimum absolute atomic E-state index is 0.0285.